The van der Waals surface area contributed by atoms with Gasteiger partial charge in [0.05, 0.1) is 16.7 Å². The number of carbonyl (C=O) groups is 2. The average molecular weight is 771 g/mol. The molecule has 13 heteroatoms. The first-order valence-corrected chi connectivity index (χ1v) is 17.3. The number of rotatable bonds is 8. The third kappa shape index (κ3) is 7.98. The van der Waals surface area contributed by atoms with Crippen LogP contribution < -0.4 is 22.1 Å². The van der Waals surface area contributed by atoms with Gasteiger partial charge in [0.15, 0.2) is 5.54 Å². The number of urea groups is 1. The van der Waals surface area contributed by atoms with Gasteiger partial charge in [0.25, 0.3) is 0 Å². The summed E-state index contributed by atoms with van der Waals surface area (Å²) in [7, 11) is 3.93. The Bertz CT molecular complexity index is 1720. The minimum absolute atomic E-state index is 0.0606. The zero-order chi connectivity index (χ0) is 33.7. The Morgan fingerprint density at radius 2 is 1.74 bits per heavy atom. The molecule has 11 nitrogen and oxygen atoms in total. The number of likely N-dealkylation sites (N-methyl/N-ethyl adjacent to an activating group) is 1. The molecular formula is C34H42Br2N8O3. The van der Waals surface area contributed by atoms with Crippen LogP contribution >= 0.6 is 31.9 Å². The molecule has 2 aliphatic heterocycles. The van der Waals surface area contributed by atoms with Crippen LogP contribution in [-0.2, 0) is 29.7 Å². The van der Waals surface area contributed by atoms with Gasteiger partial charge in [-0.3, -0.25) is 0 Å². The van der Waals surface area contributed by atoms with Crippen LogP contribution in [0.5, 0.6) is 0 Å². The Labute approximate surface area is 291 Å². The van der Waals surface area contributed by atoms with Gasteiger partial charge >= 0.3 is 12.0 Å². The number of hydrogen-bond acceptors (Lipinski definition) is 7. The second kappa shape index (κ2) is 15.2. The lowest BCUT2D eigenvalue weighted by Crippen LogP contribution is -2.49. The zero-order valence-corrected chi connectivity index (χ0v) is 29.9. The molecule has 4 aromatic rings. The number of nitrogens with one attached hydrogen (secondary N) is 2. The molecule has 250 valence electrons. The van der Waals surface area contributed by atoms with E-state index in [-0.39, 0.29) is 12.5 Å². The van der Waals surface area contributed by atoms with Gasteiger partial charge in [-0.1, -0.05) is 30.3 Å². The van der Waals surface area contributed by atoms with E-state index in [2.05, 4.69) is 53.5 Å². The lowest BCUT2D eigenvalue weighted by Gasteiger charge is -2.33. The summed E-state index contributed by atoms with van der Waals surface area (Å²) in [6, 6.07) is 19.7. The van der Waals surface area contributed by atoms with Crippen LogP contribution in [0.3, 0.4) is 0 Å². The van der Waals surface area contributed by atoms with Crippen molar-refractivity contribution in [3.05, 3.63) is 86.6 Å². The molecule has 3 aromatic carbocycles. The summed E-state index contributed by atoms with van der Waals surface area (Å²) in [5, 5.41) is 16.5. The maximum atomic E-state index is 12.4. The quantitative estimate of drug-likeness (QED) is 0.157. The number of halogens is 2. The summed E-state index contributed by atoms with van der Waals surface area (Å²) in [5.74, 6) is -0.805. The Balaban J connectivity index is 0.000000205. The second-order valence-electron chi connectivity index (χ2n) is 12.3. The lowest BCUT2D eigenvalue weighted by atomic mass is 9.90. The van der Waals surface area contributed by atoms with Crippen LogP contribution in [0.15, 0.2) is 69.6 Å². The molecule has 0 saturated carbocycles. The third-order valence-electron chi connectivity index (χ3n) is 8.72. The molecule has 6 rings (SSSR count). The average Bonchev–Trinajstić information content (AvgIpc) is 3.34. The van der Waals surface area contributed by atoms with Crippen molar-refractivity contribution in [3.63, 3.8) is 0 Å². The molecule has 47 heavy (non-hydrogen) atoms. The first-order valence-electron chi connectivity index (χ1n) is 15.7. The molecule has 3 heterocycles. The molecule has 2 aliphatic rings. The van der Waals surface area contributed by atoms with Crippen molar-refractivity contribution in [2.24, 2.45) is 5.73 Å². The monoisotopic (exact) mass is 768 g/mol. The fourth-order valence-corrected chi connectivity index (χ4v) is 7.39. The van der Waals surface area contributed by atoms with E-state index in [0.29, 0.717) is 33.0 Å². The maximum absolute atomic E-state index is 12.4. The summed E-state index contributed by atoms with van der Waals surface area (Å²) in [5.41, 5.74) is 15.9. The molecule has 1 aromatic heterocycles. The lowest BCUT2D eigenvalue weighted by molar-refractivity contribution is -0.144. The number of para-hydroxylation sites is 3. The smallest absolute Gasteiger partial charge is 0.331 e. The highest BCUT2D eigenvalue weighted by Gasteiger charge is 2.41. The molecule has 7 N–H and O–H groups in total. The van der Waals surface area contributed by atoms with E-state index in [1.165, 1.54) is 5.56 Å². The summed E-state index contributed by atoms with van der Waals surface area (Å²) < 4.78 is 3.26. The number of fused-ring (bicyclic) bond motifs is 2. The van der Waals surface area contributed by atoms with E-state index in [1.807, 2.05) is 70.9 Å². The van der Waals surface area contributed by atoms with Crippen molar-refractivity contribution in [1.29, 1.82) is 0 Å². The number of piperidine rings is 1. The van der Waals surface area contributed by atoms with Crippen LogP contribution in [0.1, 0.15) is 29.8 Å². The van der Waals surface area contributed by atoms with Gasteiger partial charge in [0.2, 0.25) is 0 Å². The second-order valence-corrected chi connectivity index (χ2v) is 14.0. The van der Waals surface area contributed by atoms with Crippen molar-refractivity contribution in [2.45, 2.75) is 43.8 Å². The van der Waals surface area contributed by atoms with Crippen LogP contribution in [0.2, 0.25) is 0 Å². The Kier molecular flexibility index (Phi) is 11.2. The first-order chi connectivity index (χ1) is 22.5. The fraction of sp³-hybridized carbons (Fsp3) is 0.382. The SMILES string of the molecule is CN(C)CCn1c([C@](N)(Cc2cc(Br)c(N)c(Br)c2)C(=O)O)nc2ccccc21.O=C1Nc2ccccc2CCN1C1CCNCC1. The van der Waals surface area contributed by atoms with Crippen molar-refractivity contribution in [1.82, 2.24) is 24.7 Å². The van der Waals surface area contributed by atoms with Gasteiger partial charge in [-0.15, -0.1) is 0 Å². The van der Waals surface area contributed by atoms with E-state index in [4.69, 9.17) is 11.5 Å². The number of nitrogen functional groups attached to an aromatic ring is 1. The number of benzene rings is 3. The summed E-state index contributed by atoms with van der Waals surface area (Å²) in [4.78, 5) is 33.3. The van der Waals surface area contributed by atoms with Crippen molar-refractivity contribution >= 4 is 66.3 Å². The van der Waals surface area contributed by atoms with Gasteiger partial charge in [-0.25, -0.2) is 14.6 Å². The molecule has 2 amide bonds. The van der Waals surface area contributed by atoms with E-state index >= 15 is 0 Å². The molecule has 0 spiro atoms. The van der Waals surface area contributed by atoms with Crippen LogP contribution in [-0.4, -0.2) is 82.8 Å². The number of carbonyl (C=O) groups excluding carboxylic acids is 1. The van der Waals surface area contributed by atoms with Gasteiger partial charge in [-0.05, 0) is 120 Å². The normalized spacial score (nSPS) is 16.6. The number of aliphatic carboxylic acids is 1. The number of carboxylic acid groups (broad SMARTS) is 1. The van der Waals surface area contributed by atoms with Crippen molar-refractivity contribution in [3.8, 4) is 0 Å². The number of nitrogens with two attached hydrogens (primary N) is 2. The third-order valence-corrected chi connectivity index (χ3v) is 10.0. The Morgan fingerprint density at radius 3 is 2.43 bits per heavy atom. The van der Waals surface area contributed by atoms with E-state index in [0.717, 1.165) is 67.7 Å². The first kappa shape index (κ1) is 34.8. The summed E-state index contributed by atoms with van der Waals surface area (Å²) >= 11 is 6.82. The van der Waals surface area contributed by atoms with E-state index in [9.17, 15) is 14.7 Å². The highest BCUT2D eigenvalue weighted by atomic mass is 79.9. The molecular weight excluding hydrogens is 728 g/mol. The number of nitrogens with zero attached hydrogens (tertiary/aromatic N) is 4. The van der Waals surface area contributed by atoms with Gasteiger partial charge in [-0.2, -0.15) is 0 Å². The topological polar surface area (TPSA) is 155 Å². The van der Waals surface area contributed by atoms with Crippen LogP contribution in [0, 0.1) is 0 Å². The van der Waals surface area contributed by atoms with E-state index in [1.54, 1.807) is 12.1 Å². The van der Waals surface area contributed by atoms with Gasteiger partial charge in [0, 0.05) is 46.7 Å². The predicted octanol–water partition coefficient (Wildman–Crippen LogP) is 5.02. The Hall–Kier alpha value is -3.49. The number of hydrogen-bond donors (Lipinski definition) is 5. The maximum Gasteiger partial charge on any atom is 0.331 e. The largest absolute Gasteiger partial charge is 0.480 e. The minimum atomic E-state index is -1.71. The molecule has 1 saturated heterocycles. The predicted molar refractivity (Wildman–Crippen MR) is 194 cm³/mol. The van der Waals surface area contributed by atoms with Crippen LogP contribution in [0.4, 0.5) is 16.2 Å². The number of anilines is 2. The fourth-order valence-electron chi connectivity index (χ4n) is 6.11. The molecule has 1 fully saturated rings. The standard InChI is InChI=1S/C20H23Br2N5O2.C14H19N3O/c1-26(2)7-8-27-16-6-4-3-5-15(16)25-18(27)20(24,19(28)29)11-12-9-13(21)17(23)14(22)10-12;18-14-16-13-4-2-1-3-11(13)7-10-17(14)12-5-8-15-9-6-12/h3-6,9-10H,7-8,11,23-24H2,1-2H3,(H,28,29);1-4,12,15H,5-10H2,(H,16,18)/t20-;/m1./s1. The number of imidazole rings is 1. The Morgan fingerprint density at radius 1 is 1.09 bits per heavy atom. The molecule has 0 unspecified atom stereocenters. The van der Waals surface area contributed by atoms with Gasteiger partial charge in [0.1, 0.15) is 5.82 Å². The molecule has 0 aliphatic carbocycles. The van der Waals surface area contributed by atoms with E-state index < -0.39 is 11.5 Å². The summed E-state index contributed by atoms with van der Waals surface area (Å²) in [6.07, 6.45) is 3.12. The highest BCUT2D eigenvalue weighted by Crippen LogP contribution is 2.33. The molecule has 0 bridgehead atoms. The highest BCUT2D eigenvalue weighted by molar-refractivity contribution is 9.11. The minimum Gasteiger partial charge on any atom is -0.480 e. The number of amides is 2. The number of carboxylic acids is 1. The van der Waals surface area contributed by atoms with Crippen LogP contribution in [0.25, 0.3) is 11.0 Å². The number of aromatic nitrogens is 2. The van der Waals surface area contributed by atoms with Gasteiger partial charge < -0.3 is 41.6 Å². The molecule has 0 radical (unpaired) electrons. The summed E-state index contributed by atoms with van der Waals surface area (Å²) in [6.45, 7) is 4.16. The molecule has 1 atom stereocenters. The zero-order valence-electron chi connectivity index (χ0n) is 26.7. The van der Waals surface area contributed by atoms with Crippen molar-refractivity contribution < 1.29 is 14.7 Å². The van der Waals surface area contributed by atoms with Crippen molar-refractivity contribution in [2.75, 3.05) is 51.3 Å².